The molecule has 6 heteroatoms. The average molecular weight is 355 g/mol. The van der Waals surface area contributed by atoms with E-state index in [0.29, 0.717) is 19.0 Å². The molecule has 0 saturated carbocycles. The summed E-state index contributed by atoms with van der Waals surface area (Å²) in [7, 11) is -3.56. The molecule has 1 rings (SSSR count). The second kappa shape index (κ2) is 8.12. The third-order valence-corrected chi connectivity index (χ3v) is 5.21. The van der Waals surface area contributed by atoms with Crippen molar-refractivity contribution >= 4 is 15.9 Å². The highest BCUT2D eigenvalue weighted by atomic mass is 32.2. The Morgan fingerprint density at radius 1 is 1.17 bits per heavy atom. The zero-order valence-electron chi connectivity index (χ0n) is 15.6. The molecule has 0 aliphatic heterocycles. The van der Waals surface area contributed by atoms with Crippen LogP contribution in [0.5, 0.6) is 0 Å². The van der Waals surface area contributed by atoms with Crippen LogP contribution in [0.1, 0.15) is 47.1 Å². The summed E-state index contributed by atoms with van der Waals surface area (Å²) in [5.74, 6) is 0.299. The third kappa shape index (κ3) is 6.24. The number of carbonyl (C=O) groups is 1. The molecule has 0 atom stereocenters. The van der Waals surface area contributed by atoms with E-state index in [-0.39, 0.29) is 22.8 Å². The van der Waals surface area contributed by atoms with Crippen LogP contribution in [0.15, 0.2) is 29.2 Å². The van der Waals surface area contributed by atoms with Crippen LogP contribution in [0.3, 0.4) is 0 Å². The maximum atomic E-state index is 12.4. The molecule has 1 aromatic rings. The fraction of sp³-hybridized carbons (Fsp3) is 0.611. The highest BCUT2D eigenvalue weighted by molar-refractivity contribution is 7.89. The fourth-order valence-corrected chi connectivity index (χ4v) is 3.37. The summed E-state index contributed by atoms with van der Waals surface area (Å²) in [4.78, 5) is 13.5. The van der Waals surface area contributed by atoms with E-state index in [9.17, 15) is 13.2 Å². The van der Waals surface area contributed by atoms with E-state index in [1.807, 2.05) is 26.0 Å². The van der Waals surface area contributed by atoms with Crippen LogP contribution in [0.4, 0.5) is 0 Å². The number of hydrogen-bond donors (Lipinski definition) is 1. The van der Waals surface area contributed by atoms with Crippen LogP contribution in [0.25, 0.3) is 0 Å². The standard InChI is InChI=1S/C18H30N2O3S/c1-14(2)13-20(15(3)21)12-11-19-24(22,23)17-9-7-16(8-10-17)18(4,5)6/h7-10,14,19H,11-13H2,1-6H3. The van der Waals surface area contributed by atoms with Gasteiger partial charge in [0.2, 0.25) is 15.9 Å². The monoisotopic (exact) mass is 354 g/mol. The Balaban J connectivity index is 2.71. The van der Waals surface area contributed by atoms with E-state index in [2.05, 4.69) is 25.5 Å². The third-order valence-electron chi connectivity index (χ3n) is 3.74. The highest BCUT2D eigenvalue weighted by Crippen LogP contribution is 2.23. The first-order valence-corrected chi connectivity index (χ1v) is 9.77. The molecule has 1 N–H and O–H groups in total. The summed E-state index contributed by atoms with van der Waals surface area (Å²) in [6.07, 6.45) is 0. The van der Waals surface area contributed by atoms with Crippen LogP contribution >= 0.6 is 0 Å². The van der Waals surface area contributed by atoms with Gasteiger partial charge in [0, 0.05) is 26.6 Å². The van der Waals surface area contributed by atoms with E-state index in [4.69, 9.17) is 0 Å². The van der Waals surface area contributed by atoms with Crippen molar-refractivity contribution in [2.75, 3.05) is 19.6 Å². The summed E-state index contributed by atoms with van der Waals surface area (Å²) in [5.41, 5.74) is 1.07. The van der Waals surface area contributed by atoms with Gasteiger partial charge < -0.3 is 4.90 Å². The van der Waals surface area contributed by atoms with Crippen molar-refractivity contribution in [1.29, 1.82) is 0 Å². The number of amides is 1. The first-order valence-electron chi connectivity index (χ1n) is 8.29. The molecule has 0 aliphatic carbocycles. The number of benzene rings is 1. The topological polar surface area (TPSA) is 66.5 Å². The lowest BCUT2D eigenvalue weighted by Gasteiger charge is -2.23. The van der Waals surface area contributed by atoms with E-state index >= 15 is 0 Å². The van der Waals surface area contributed by atoms with Gasteiger partial charge in [0.1, 0.15) is 0 Å². The zero-order chi connectivity index (χ0) is 18.5. The van der Waals surface area contributed by atoms with Gasteiger partial charge in [-0.2, -0.15) is 0 Å². The molecule has 0 aromatic heterocycles. The average Bonchev–Trinajstić information content (AvgIpc) is 2.44. The summed E-state index contributed by atoms with van der Waals surface area (Å²) in [6, 6.07) is 6.93. The molecule has 1 amide bonds. The smallest absolute Gasteiger partial charge is 0.240 e. The number of sulfonamides is 1. The number of nitrogens with zero attached hydrogens (tertiary/aromatic N) is 1. The molecule has 0 bridgehead atoms. The van der Waals surface area contributed by atoms with E-state index < -0.39 is 10.0 Å². The summed E-state index contributed by atoms with van der Waals surface area (Å²) in [6.45, 7) is 13.0. The second-order valence-corrected chi connectivity index (χ2v) is 9.30. The summed E-state index contributed by atoms with van der Waals surface area (Å²) >= 11 is 0. The largest absolute Gasteiger partial charge is 0.341 e. The molecule has 5 nitrogen and oxygen atoms in total. The molecule has 0 unspecified atom stereocenters. The Morgan fingerprint density at radius 2 is 1.71 bits per heavy atom. The van der Waals surface area contributed by atoms with Crippen LogP contribution in [-0.4, -0.2) is 38.9 Å². The normalized spacial score (nSPS) is 12.5. The van der Waals surface area contributed by atoms with Crippen molar-refractivity contribution in [3.8, 4) is 0 Å². The number of carbonyl (C=O) groups excluding carboxylic acids is 1. The fourth-order valence-electron chi connectivity index (χ4n) is 2.35. The number of hydrogen-bond acceptors (Lipinski definition) is 3. The van der Waals surface area contributed by atoms with Crippen molar-refractivity contribution < 1.29 is 13.2 Å². The van der Waals surface area contributed by atoms with Gasteiger partial charge >= 0.3 is 0 Å². The molecule has 0 saturated heterocycles. The second-order valence-electron chi connectivity index (χ2n) is 7.53. The Bertz CT molecular complexity index is 644. The predicted octanol–water partition coefficient (Wildman–Crippen LogP) is 2.77. The maximum absolute atomic E-state index is 12.4. The van der Waals surface area contributed by atoms with Gasteiger partial charge in [0.15, 0.2) is 0 Å². The first-order chi connectivity index (χ1) is 10.9. The summed E-state index contributed by atoms with van der Waals surface area (Å²) in [5, 5.41) is 0. The van der Waals surface area contributed by atoms with Crippen molar-refractivity contribution in [1.82, 2.24) is 9.62 Å². The Kier molecular flexibility index (Phi) is 6.98. The molecule has 0 heterocycles. The molecule has 0 radical (unpaired) electrons. The van der Waals surface area contributed by atoms with Crippen molar-refractivity contribution in [3.63, 3.8) is 0 Å². The molecule has 136 valence electrons. The molecule has 1 aromatic carbocycles. The van der Waals surface area contributed by atoms with Gasteiger partial charge in [-0.05, 0) is 29.0 Å². The molecule has 0 fully saturated rings. The van der Waals surface area contributed by atoms with Crippen LogP contribution in [0.2, 0.25) is 0 Å². The zero-order valence-corrected chi connectivity index (χ0v) is 16.4. The van der Waals surface area contributed by atoms with Crippen LogP contribution in [-0.2, 0) is 20.2 Å². The van der Waals surface area contributed by atoms with E-state index in [1.54, 1.807) is 17.0 Å². The quantitative estimate of drug-likeness (QED) is 0.819. The molecule has 0 aliphatic rings. The molecular formula is C18H30N2O3S. The van der Waals surface area contributed by atoms with Gasteiger partial charge in [-0.25, -0.2) is 13.1 Å². The lowest BCUT2D eigenvalue weighted by atomic mass is 9.87. The van der Waals surface area contributed by atoms with E-state index in [0.717, 1.165) is 5.56 Å². The minimum absolute atomic E-state index is 0.0193. The number of nitrogens with one attached hydrogen (secondary N) is 1. The van der Waals surface area contributed by atoms with Gasteiger partial charge in [-0.3, -0.25) is 4.79 Å². The molecule has 0 spiro atoms. The molecular weight excluding hydrogens is 324 g/mol. The Hall–Kier alpha value is -1.40. The summed E-state index contributed by atoms with van der Waals surface area (Å²) < 4.78 is 27.3. The lowest BCUT2D eigenvalue weighted by Crippen LogP contribution is -2.39. The minimum atomic E-state index is -3.56. The van der Waals surface area contributed by atoms with Gasteiger partial charge in [0.05, 0.1) is 4.90 Å². The SMILES string of the molecule is CC(=O)N(CCNS(=O)(=O)c1ccc(C(C)(C)C)cc1)CC(C)C. The van der Waals surface area contributed by atoms with Crippen molar-refractivity contribution in [3.05, 3.63) is 29.8 Å². The highest BCUT2D eigenvalue weighted by Gasteiger charge is 2.18. The van der Waals surface area contributed by atoms with Gasteiger partial charge in [0.25, 0.3) is 0 Å². The number of rotatable bonds is 7. The van der Waals surface area contributed by atoms with Crippen LogP contribution < -0.4 is 4.72 Å². The van der Waals surface area contributed by atoms with Gasteiger partial charge in [-0.15, -0.1) is 0 Å². The maximum Gasteiger partial charge on any atom is 0.240 e. The minimum Gasteiger partial charge on any atom is -0.341 e. The van der Waals surface area contributed by atoms with E-state index in [1.165, 1.54) is 6.92 Å². The molecule has 24 heavy (non-hydrogen) atoms. The lowest BCUT2D eigenvalue weighted by molar-refractivity contribution is -0.129. The Morgan fingerprint density at radius 3 is 2.12 bits per heavy atom. The van der Waals surface area contributed by atoms with Gasteiger partial charge in [-0.1, -0.05) is 46.8 Å². The first kappa shape index (κ1) is 20.6. The van der Waals surface area contributed by atoms with Crippen LogP contribution in [0, 0.1) is 5.92 Å². The van der Waals surface area contributed by atoms with Crippen molar-refractivity contribution in [2.24, 2.45) is 5.92 Å². The van der Waals surface area contributed by atoms with Crippen molar-refractivity contribution in [2.45, 2.75) is 51.9 Å². The predicted molar refractivity (Wildman–Crippen MR) is 97.4 cm³/mol. The Labute approximate surface area is 146 Å².